The van der Waals surface area contributed by atoms with Crippen molar-refractivity contribution in [1.82, 2.24) is 4.98 Å². The number of nitrogens with one attached hydrogen (secondary N) is 1. The van der Waals surface area contributed by atoms with Crippen LogP contribution in [-0.4, -0.2) is 11.6 Å². The quantitative estimate of drug-likeness (QED) is 0.810. The molecule has 0 amide bonds. The molecule has 1 aromatic carbocycles. The fourth-order valence-corrected chi connectivity index (χ4v) is 1.44. The van der Waals surface area contributed by atoms with Gasteiger partial charge in [0, 0.05) is 18.0 Å². The van der Waals surface area contributed by atoms with Gasteiger partial charge in [-0.05, 0) is 31.2 Å². The summed E-state index contributed by atoms with van der Waals surface area (Å²) in [4.78, 5) is 14.0. The molecule has 0 aliphatic rings. The van der Waals surface area contributed by atoms with Crippen LogP contribution in [0.2, 0.25) is 0 Å². The van der Waals surface area contributed by atoms with Gasteiger partial charge in [-0.1, -0.05) is 0 Å². The van der Waals surface area contributed by atoms with Gasteiger partial charge in [0.1, 0.15) is 11.5 Å². The zero-order valence-electron chi connectivity index (χ0n) is 9.97. The number of benzene rings is 1. The van der Waals surface area contributed by atoms with Crippen LogP contribution in [0.3, 0.4) is 0 Å². The molecule has 2 rings (SSSR count). The molecule has 1 heterocycles. The predicted octanol–water partition coefficient (Wildman–Crippen LogP) is 2.15. The third-order valence-corrected chi connectivity index (χ3v) is 2.26. The van der Waals surface area contributed by atoms with E-state index in [1.54, 1.807) is 30.3 Å². The Bertz CT molecular complexity index is 576. The minimum Gasteiger partial charge on any atom is -0.488 e. The van der Waals surface area contributed by atoms with E-state index >= 15 is 0 Å². The highest BCUT2D eigenvalue weighted by Crippen LogP contribution is 2.23. The highest BCUT2D eigenvalue weighted by molar-refractivity contribution is 5.43. The molecule has 94 valence electrons. The summed E-state index contributed by atoms with van der Waals surface area (Å²) in [6.45, 7) is 2.24. The summed E-state index contributed by atoms with van der Waals surface area (Å²) in [7, 11) is 0. The van der Waals surface area contributed by atoms with Crippen molar-refractivity contribution in [3.8, 4) is 17.2 Å². The van der Waals surface area contributed by atoms with E-state index in [1.165, 1.54) is 6.20 Å². The molecule has 0 spiro atoms. The van der Waals surface area contributed by atoms with Crippen molar-refractivity contribution in [2.45, 2.75) is 6.92 Å². The summed E-state index contributed by atoms with van der Waals surface area (Å²) in [6.07, 6.45) is 1.49. The summed E-state index contributed by atoms with van der Waals surface area (Å²) in [6, 6.07) is 8.54. The monoisotopic (exact) mass is 246 g/mol. The van der Waals surface area contributed by atoms with Gasteiger partial charge in [0.25, 0.3) is 5.56 Å². The molecule has 0 fully saturated rings. The SMILES string of the molecule is CCOc1cc(Oc2ccc(N)cc2)c[nH]c1=O. The summed E-state index contributed by atoms with van der Waals surface area (Å²) in [5, 5.41) is 0. The summed E-state index contributed by atoms with van der Waals surface area (Å²) in [5.41, 5.74) is 5.97. The number of ether oxygens (including phenoxy) is 2. The molecule has 0 unspecified atom stereocenters. The van der Waals surface area contributed by atoms with Crippen molar-refractivity contribution in [1.29, 1.82) is 0 Å². The van der Waals surface area contributed by atoms with E-state index in [0.717, 1.165) is 0 Å². The van der Waals surface area contributed by atoms with Gasteiger partial charge in [-0.3, -0.25) is 4.79 Å². The fraction of sp³-hybridized carbons (Fsp3) is 0.154. The molecular formula is C13H14N2O3. The zero-order valence-corrected chi connectivity index (χ0v) is 9.97. The molecular weight excluding hydrogens is 232 g/mol. The second-order valence-electron chi connectivity index (χ2n) is 3.63. The van der Waals surface area contributed by atoms with Crippen molar-refractivity contribution in [3.63, 3.8) is 0 Å². The lowest BCUT2D eigenvalue weighted by Gasteiger charge is -2.07. The van der Waals surface area contributed by atoms with E-state index in [1.807, 2.05) is 6.92 Å². The van der Waals surface area contributed by atoms with E-state index in [0.29, 0.717) is 23.8 Å². The molecule has 0 saturated carbocycles. The third-order valence-electron chi connectivity index (χ3n) is 2.26. The van der Waals surface area contributed by atoms with Crippen LogP contribution in [-0.2, 0) is 0 Å². The predicted molar refractivity (Wildman–Crippen MR) is 69.2 cm³/mol. The normalized spacial score (nSPS) is 10.1. The number of hydrogen-bond donors (Lipinski definition) is 2. The number of hydrogen-bond acceptors (Lipinski definition) is 4. The van der Waals surface area contributed by atoms with Gasteiger partial charge in [0.05, 0.1) is 6.61 Å². The molecule has 3 N–H and O–H groups in total. The van der Waals surface area contributed by atoms with Crippen molar-refractivity contribution in [3.05, 3.63) is 46.9 Å². The molecule has 0 aliphatic carbocycles. The number of nitrogen functional groups attached to an aromatic ring is 1. The van der Waals surface area contributed by atoms with Crippen LogP contribution in [0, 0.1) is 0 Å². The van der Waals surface area contributed by atoms with Crippen LogP contribution in [0.25, 0.3) is 0 Å². The van der Waals surface area contributed by atoms with Crippen LogP contribution < -0.4 is 20.8 Å². The average molecular weight is 246 g/mol. The number of aromatic nitrogens is 1. The van der Waals surface area contributed by atoms with Crippen LogP contribution in [0.1, 0.15) is 6.92 Å². The Morgan fingerprint density at radius 1 is 1.22 bits per heavy atom. The molecule has 18 heavy (non-hydrogen) atoms. The maximum absolute atomic E-state index is 11.4. The maximum Gasteiger partial charge on any atom is 0.290 e. The second kappa shape index (κ2) is 5.27. The molecule has 5 nitrogen and oxygen atoms in total. The first-order valence-corrected chi connectivity index (χ1v) is 5.58. The lowest BCUT2D eigenvalue weighted by molar-refractivity contribution is 0.332. The summed E-state index contributed by atoms with van der Waals surface area (Å²) < 4.78 is 10.8. The molecule has 5 heteroatoms. The first-order valence-electron chi connectivity index (χ1n) is 5.58. The van der Waals surface area contributed by atoms with Crippen LogP contribution in [0.5, 0.6) is 17.2 Å². The van der Waals surface area contributed by atoms with E-state index in [9.17, 15) is 4.79 Å². The standard InChI is InChI=1S/C13H14N2O3/c1-2-17-12-7-11(8-15-13(12)16)18-10-5-3-9(14)4-6-10/h3-8H,2,14H2,1H3,(H,15,16). The molecule has 0 saturated heterocycles. The third kappa shape index (κ3) is 2.82. The van der Waals surface area contributed by atoms with Gasteiger partial charge in [-0.2, -0.15) is 0 Å². The summed E-state index contributed by atoms with van der Waals surface area (Å²) >= 11 is 0. The van der Waals surface area contributed by atoms with Gasteiger partial charge in [0.15, 0.2) is 5.75 Å². The maximum atomic E-state index is 11.4. The van der Waals surface area contributed by atoms with Crippen molar-refractivity contribution < 1.29 is 9.47 Å². The number of anilines is 1. The first-order chi connectivity index (χ1) is 8.69. The van der Waals surface area contributed by atoms with E-state index in [2.05, 4.69) is 4.98 Å². The number of nitrogens with two attached hydrogens (primary N) is 1. The highest BCUT2D eigenvalue weighted by Gasteiger charge is 2.04. The van der Waals surface area contributed by atoms with E-state index < -0.39 is 0 Å². The minimum absolute atomic E-state index is 0.241. The second-order valence-corrected chi connectivity index (χ2v) is 3.63. The topological polar surface area (TPSA) is 77.3 Å². The highest BCUT2D eigenvalue weighted by atomic mass is 16.5. The van der Waals surface area contributed by atoms with Gasteiger partial charge < -0.3 is 20.2 Å². The minimum atomic E-state index is -0.276. The molecule has 2 aromatic rings. The lowest BCUT2D eigenvalue weighted by Crippen LogP contribution is -2.10. The van der Waals surface area contributed by atoms with E-state index in [-0.39, 0.29) is 11.3 Å². The zero-order chi connectivity index (χ0) is 13.0. The van der Waals surface area contributed by atoms with Gasteiger partial charge >= 0.3 is 0 Å². The molecule has 0 bridgehead atoms. The Morgan fingerprint density at radius 2 is 1.94 bits per heavy atom. The molecule has 0 atom stereocenters. The number of rotatable bonds is 4. The number of H-pyrrole nitrogens is 1. The van der Waals surface area contributed by atoms with Crippen LogP contribution in [0.15, 0.2) is 41.3 Å². The van der Waals surface area contributed by atoms with Crippen molar-refractivity contribution in [2.75, 3.05) is 12.3 Å². The Balaban J connectivity index is 2.21. The fourth-order valence-electron chi connectivity index (χ4n) is 1.44. The Kier molecular flexibility index (Phi) is 3.52. The number of aromatic amines is 1. The van der Waals surface area contributed by atoms with Crippen molar-refractivity contribution in [2.24, 2.45) is 0 Å². The largest absolute Gasteiger partial charge is 0.488 e. The molecule has 0 radical (unpaired) electrons. The summed E-state index contributed by atoms with van der Waals surface area (Å²) in [5.74, 6) is 1.38. The molecule has 0 aliphatic heterocycles. The smallest absolute Gasteiger partial charge is 0.290 e. The molecule has 1 aromatic heterocycles. The number of pyridine rings is 1. The lowest BCUT2D eigenvalue weighted by atomic mass is 10.3. The first kappa shape index (κ1) is 12.0. The van der Waals surface area contributed by atoms with Crippen molar-refractivity contribution >= 4 is 5.69 Å². The van der Waals surface area contributed by atoms with Gasteiger partial charge in [-0.25, -0.2) is 0 Å². The Hall–Kier alpha value is -2.43. The van der Waals surface area contributed by atoms with Crippen LogP contribution >= 0.6 is 0 Å². The van der Waals surface area contributed by atoms with Crippen LogP contribution in [0.4, 0.5) is 5.69 Å². The van der Waals surface area contributed by atoms with Gasteiger partial charge in [-0.15, -0.1) is 0 Å². The Labute approximate surface area is 104 Å². The van der Waals surface area contributed by atoms with E-state index in [4.69, 9.17) is 15.2 Å². The average Bonchev–Trinajstić information content (AvgIpc) is 2.37. The van der Waals surface area contributed by atoms with Gasteiger partial charge in [0.2, 0.25) is 0 Å². The Morgan fingerprint density at radius 3 is 2.61 bits per heavy atom.